The summed E-state index contributed by atoms with van der Waals surface area (Å²) in [5, 5.41) is 18.8. The van der Waals surface area contributed by atoms with E-state index in [4.69, 9.17) is 5.26 Å². The number of hydrogen-bond donors (Lipinski definition) is 2. The van der Waals surface area contributed by atoms with E-state index in [1.54, 1.807) is 24.3 Å². The first-order valence-corrected chi connectivity index (χ1v) is 8.82. The molecule has 0 aliphatic rings. The van der Waals surface area contributed by atoms with Crippen molar-refractivity contribution in [1.29, 1.82) is 5.26 Å². The van der Waals surface area contributed by atoms with Crippen molar-refractivity contribution in [3.05, 3.63) is 71.3 Å². The molecule has 0 heterocycles. The first-order chi connectivity index (χ1) is 11.0. The van der Waals surface area contributed by atoms with E-state index in [0.29, 0.717) is 17.5 Å². The quantitative estimate of drug-likeness (QED) is 0.806. The molecule has 0 saturated heterocycles. The summed E-state index contributed by atoms with van der Waals surface area (Å²) in [4.78, 5) is 0. The molecule has 5 nitrogen and oxygen atoms in total. The number of sulfonamides is 1. The maximum absolute atomic E-state index is 12.1. The standard InChI is InChI=1S/C17H18N2O3S/c18-11-15-7-4-8-16(9-15)13-23(21,22)19-12-17(20)10-14-5-2-1-3-6-14/h1-9,17,19-20H,10,12-13H2/t17-/m0/s1. The Kier molecular flexibility index (Phi) is 5.88. The summed E-state index contributed by atoms with van der Waals surface area (Å²) in [7, 11) is -3.57. The van der Waals surface area contributed by atoms with Crippen LogP contribution in [0.3, 0.4) is 0 Å². The molecule has 0 saturated carbocycles. The van der Waals surface area contributed by atoms with Gasteiger partial charge in [-0.05, 0) is 29.7 Å². The molecule has 0 aliphatic heterocycles. The third-order valence-corrected chi connectivity index (χ3v) is 4.59. The summed E-state index contributed by atoms with van der Waals surface area (Å²) in [6.07, 6.45) is -0.412. The number of hydrogen-bond acceptors (Lipinski definition) is 4. The molecule has 2 aromatic carbocycles. The Morgan fingerprint density at radius 1 is 1.09 bits per heavy atom. The molecule has 0 unspecified atom stereocenters. The van der Waals surface area contributed by atoms with Crippen LogP contribution in [0, 0.1) is 11.3 Å². The lowest BCUT2D eigenvalue weighted by molar-refractivity contribution is 0.179. The van der Waals surface area contributed by atoms with Gasteiger partial charge in [-0.25, -0.2) is 13.1 Å². The highest BCUT2D eigenvalue weighted by Crippen LogP contribution is 2.08. The first-order valence-electron chi connectivity index (χ1n) is 7.17. The molecule has 1 atom stereocenters. The first kappa shape index (κ1) is 17.2. The van der Waals surface area contributed by atoms with Gasteiger partial charge in [-0.15, -0.1) is 0 Å². The zero-order valence-corrected chi connectivity index (χ0v) is 13.3. The molecule has 0 fully saturated rings. The fourth-order valence-corrected chi connectivity index (χ4v) is 3.35. The second-order valence-corrected chi connectivity index (χ2v) is 7.07. The number of nitrogens with zero attached hydrogens (tertiary/aromatic N) is 1. The molecular formula is C17H18N2O3S. The van der Waals surface area contributed by atoms with Gasteiger partial charge in [0, 0.05) is 6.54 Å². The molecule has 6 heteroatoms. The van der Waals surface area contributed by atoms with Crippen molar-refractivity contribution >= 4 is 10.0 Å². The lowest BCUT2D eigenvalue weighted by atomic mass is 10.1. The Labute approximate surface area is 136 Å². The lowest BCUT2D eigenvalue weighted by Gasteiger charge is -2.12. The highest BCUT2D eigenvalue weighted by Gasteiger charge is 2.14. The maximum atomic E-state index is 12.1. The molecule has 0 amide bonds. The zero-order valence-electron chi connectivity index (χ0n) is 12.5. The predicted octanol–water partition coefficient (Wildman–Crippen LogP) is 1.58. The van der Waals surface area contributed by atoms with E-state index < -0.39 is 16.1 Å². The molecule has 120 valence electrons. The van der Waals surface area contributed by atoms with Gasteiger partial charge >= 0.3 is 0 Å². The highest BCUT2D eigenvalue weighted by atomic mass is 32.2. The van der Waals surface area contributed by atoms with Gasteiger partial charge in [-0.3, -0.25) is 0 Å². The molecule has 2 rings (SSSR count). The third kappa shape index (κ3) is 5.83. The van der Waals surface area contributed by atoms with Crippen LogP contribution in [0.4, 0.5) is 0 Å². The van der Waals surface area contributed by atoms with Crippen LogP contribution in [0.1, 0.15) is 16.7 Å². The van der Waals surface area contributed by atoms with Gasteiger partial charge in [-0.1, -0.05) is 42.5 Å². The van der Waals surface area contributed by atoms with E-state index in [1.807, 2.05) is 36.4 Å². The van der Waals surface area contributed by atoms with Gasteiger partial charge in [0.15, 0.2) is 0 Å². The van der Waals surface area contributed by atoms with Crippen LogP contribution in [0.5, 0.6) is 0 Å². The van der Waals surface area contributed by atoms with Crippen LogP contribution in [-0.2, 0) is 22.2 Å². The number of nitrogens with one attached hydrogen (secondary N) is 1. The van der Waals surface area contributed by atoms with Crippen LogP contribution in [0.15, 0.2) is 54.6 Å². The number of aliphatic hydroxyl groups excluding tert-OH is 1. The van der Waals surface area contributed by atoms with Crippen LogP contribution in [-0.4, -0.2) is 26.2 Å². The Morgan fingerprint density at radius 3 is 2.48 bits per heavy atom. The number of nitriles is 1. The van der Waals surface area contributed by atoms with Crippen LogP contribution in [0.2, 0.25) is 0 Å². The van der Waals surface area contributed by atoms with E-state index in [2.05, 4.69) is 4.72 Å². The third-order valence-electron chi connectivity index (χ3n) is 3.27. The summed E-state index contributed by atoms with van der Waals surface area (Å²) >= 11 is 0. The minimum atomic E-state index is -3.57. The minimum absolute atomic E-state index is 0.0465. The van der Waals surface area contributed by atoms with E-state index in [9.17, 15) is 13.5 Å². The SMILES string of the molecule is N#Cc1cccc(CS(=O)(=O)NC[C@@H](O)Cc2ccccc2)c1. The number of aliphatic hydroxyl groups is 1. The molecular weight excluding hydrogens is 312 g/mol. The van der Waals surface area contributed by atoms with Crippen molar-refractivity contribution in [2.45, 2.75) is 18.3 Å². The Morgan fingerprint density at radius 2 is 1.78 bits per heavy atom. The molecule has 2 N–H and O–H groups in total. The minimum Gasteiger partial charge on any atom is -0.391 e. The normalized spacial score (nSPS) is 12.5. The van der Waals surface area contributed by atoms with Crippen LogP contribution in [0.25, 0.3) is 0 Å². The Bertz CT molecular complexity index is 783. The molecule has 0 aromatic heterocycles. The Balaban J connectivity index is 1.89. The summed E-state index contributed by atoms with van der Waals surface area (Å²) in [5.41, 5.74) is 1.90. The van der Waals surface area contributed by atoms with Crippen LogP contribution < -0.4 is 4.72 Å². The summed E-state index contributed by atoms with van der Waals surface area (Å²) in [5.74, 6) is -0.222. The molecule has 0 bridgehead atoms. The number of benzene rings is 2. The van der Waals surface area contributed by atoms with E-state index >= 15 is 0 Å². The van der Waals surface area contributed by atoms with Crippen molar-refractivity contribution in [1.82, 2.24) is 4.72 Å². The van der Waals surface area contributed by atoms with Gasteiger partial charge in [0.1, 0.15) is 0 Å². The summed E-state index contributed by atoms with van der Waals surface area (Å²) in [6, 6.07) is 17.8. The molecule has 0 aliphatic carbocycles. The average Bonchev–Trinajstić information content (AvgIpc) is 2.54. The molecule has 23 heavy (non-hydrogen) atoms. The highest BCUT2D eigenvalue weighted by molar-refractivity contribution is 7.88. The molecule has 0 radical (unpaired) electrons. The van der Waals surface area contributed by atoms with E-state index in [-0.39, 0.29) is 12.3 Å². The second kappa shape index (κ2) is 7.88. The van der Waals surface area contributed by atoms with Gasteiger partial charge < -0.3 is 5.11 Å². The van der Waals surface area contributed by atoms with Gasteiger partial charge in [0.25, 0.3) is 0 Å². The van der Waals surface area contributed by atoms with Crippen molar-refractivity contribution in [2.75, 3.05) is 6.54 Å². The van der Waals surface area contributed by atoms with Gasteiger partial charge in [0.05, 0.1) is 23.5 Å². The predicted molar refractivity (Wildman–Crippen MR) is 87.9 cm³/mol. The van der Waals surface area contributed by atoms with E-state index in [0.717, 1.165) is 5.56 Å². The number of rotatable bonds is 7. The summed E-state index contributed by atoms with van der Waals surface area (Å²) in [6.45, 7) is -0.0465. The molecule has 0 spiro atoms. The monoisotopic (exact) mass is 330 g/mol. The lowest BCUT2D eigenvalue weighted by Crippen LogP contribution is -2.34. The summed E-state index contributed by atoms with van der Waals surface area (Å²) < 4.78 is 26.5. The molecule has 2 aromatic rings. The van der Waals surface area contributed by atoms with Crippen molar-refractivity contribution in [3.63, 3.8) is 0 Å². The van der Waals surface area contributed by atoms with Crippen molar-refractivity contribution in [3.8, 4) is 6.07 Å². The zero-order chi connectivity index (χ0) is 16.7. The fourth-order valence-electron chi connectivity index (χ4n) is 2.18. The second-order valence-electron chi connectivity index (χ2n) is 5.26. The van der Waals surface area contributed by atoms with Crippen molar-refractivity contribution < 1.29 is 13.5 Å². The largest absolute Gasteiger partial charge is 0.391 e. The van der Waals surface area contributed by atoms with Crippen LogP contribution >= 0.6 is 0 Å². The Hall–Kier alpha value is -2.20. The topological polar surface area (TPSA) is 90.2 Å². The van der Waals surface area contributed by atoms with Crippen molar-refractivity contribution in [2.24, 2.45) is 0 Å². The maximum Gasteiger partial charge on any atom is 0.215 e. The van der Waals surface area contributed by atoms with Gasteiger partial charge in [-0.2, -0.15) is 5.26 Å². The smallest absolute Gasteiger partial charge is 0.215 e. The fraction of sp³-hybridized carbons (Fsp3) is 0.235. The van der Waals surface area contributed by atoms with E-state index in [1.165, 1.54) is 0 Å². The van der Waals surface area contributed by atoms with Gasteiger partial charge in [0.2, 0.25) is 10.0 Å². The average molecular weight is 330 g/mol.